The fourth-order valence-corrected chi connectivity index (χ4v) is 4.73. The molecule has 0 bridgehead atoms. The lowest BCUT2D eigenvalue weighted by Gasteiger charge is -2.13. The summed E-state index contributed by atoms with van der Waals surface area (Å²) in [5.74, 6) is 11.1. The monoisotopic (exact) mass is 408 g/mol. The maximum atomic E-state index is 11.9. The SMILES string of the molecule is CN(N)/C(=N\N)Sc1ncnc2scc(-c3cccc(S(C)(=O)=O)c3)c12. The second-order valence-corrected chi connectivity index (χ2v) is 9.26. The van der Waals surface area contributed by atoms with Crippen LogP contribution in [0.25, 0.3) is 21.3 Å². The Kier molecular flexibility index (Phi) is 5.14. The molecule has 0 fully saturated rings. The van der Waals surface area contributed by atoms with Crippen molar-refractivity contribution >= 4 is 48.3 Å². The van der Waals surface area contributed by atoms with E-state index in [4.69, 9.17) is 11.7 Å². The third-order valence-corrected chi connectivity index (χ3v) is 6.58. The number of thioether (sulfide) groups is 1. The maximum Gasteiger partial charge on any atom is 0.202 e. The molecule has 0 spiro atoms. The van der Waals surface area contributed by atoms with E-state index < -0.39 is 9.84 Å². The zero-order chi connectivity index (χ0) is 18.9. The molecule has 2 heterocycles. The Balaban J connectivity index is 2.17. The number of aromatic nitrogens is 2. The first kappa shape index (κ1) is 18.6. The zero-order valence-corrected chi connectivity index (χ0v) is 16.4. The summed E-state index contributed by atoms with van der Waals surface area (Å²) in [5.41, 5.74) is 1.61. The van der Waals surface area contributed by atoms with Gasteiger partial charge in [-0.2, -0.15) is 5.10 Å². The summed E-state index contributed by atoms with van der Waals surface area (Å²) in [6.45, 7) is 0. The van der Waals surface area contributed by atoms with Gasteiger partial charge in [0.15, 0.2) is 9.84 Å². The van der Waals surface area contributed by atoms with Crippen LogP contribution < -0.4 is 11.7 Å². The second-order valence-electron chi connectivity index (χ2n) is 5.43. The molecule has 0 amide bonds. The summed E-state index contributed by atoms with van der Waals surface area (Å²) < 4.78 is 23.7. The third-order valence-electron chi connectivity index (χ3n) is 3.51. The normalized spacial score (nSPS) is 12.5. The lowest BCUT2D eigenvalue weighted by molar-refractivity contribution is 0.548. The van der Waals surface area contributed by atoms with Crippen molar-refractivity contribution in [1.82, 2.24) is 15.0 Å². The van der Waals surface area contributed by atoms with E-state index in [2.05, 4.69) is 15.1 Å². The highest BCUT2D eigenvalue weighted by Gasteiger charge is 2.17. The van der Waals surface area contributed by atoms with Gasteiger partial charge in [0.2, 0.25) is 5.17 Å². The van der Waals surface area contributed by atoms with E-state index in [1.807, 2.05) is 11.4 Å². The van der Waals surface area contributed by atoms with Gasteiger partial charge in [-0.25, -0.2) is 24.2 Å². The maximum absolute atomic E-state index is 11.9. The van der Waals surface area contributed by atoms with Gasteiger partial charge in [-0.1, -0.05) is 12.1 Å². The van der Waals surface area contributed by atoms with Crippen molar-refractivity contribution in [3.8, 4) is 11.1 Å². The molecule has 26 heavy (non-hydrogen) atoms. The summed E-state index contributed by atoms with van der Waals surface area (Å²) in [5, 5.41) is 8.71. The summed E-state index contributed by atoms with van der Waals surface area (Å²) in [4.78, 5) is 9.66. The van der Waals surface area contributed by atoms with Crippen molar-refractivity contribution in [3.63, 3.8) is 0 Å². The fraction of sp³-hybridized carbons (Fsp3) is 0.133. The Labute approximate surface area is 158 Å². The number of hydrazone groups is 1. The predicted octanol–water partition coefficient (Wildman–Crippen LogP) is 1.89. The number of hydrogen-bond donors (Lipinski definition) is 2. The molecule has 0 radical (unpaired) electrons. The fourth-order valence-electron chi connectivity index (χ4n) is 2.31. The Hall–Kier alpha value is -2.21. The predicted molar refractivity (Wildman–Crippen MR) is 105 cm³/mol. The molecule has 0 saturated heterocycles. The Morgan fingerprint density at radius 3 is 2.77 bits per heavy atom. The van der Waals surface area contributed by atoms with Crippen LogP contribution in [0, 0.1) is 0 Å². The average molecular weight is 409 g/mol. The lowest BCUT2D eigenvalue weighted by Crippen LogP contribution is -2.31. The molecule has 2 aromatic heterocycles. The van der Waals surface area contributed by atoms with E-state index in [9.17, 15) is 8.42 Å². The number of thiophene rings is 1. The molecule has 0 aliphatic carbocycles. The second kappa shape index (κ2) is 7.19. The van der Waals surface area contributed by atoms with Gasteiger partial charge in [-0.3, -0.25) is 5.01 Å². The number of fused-ring (bicyclic) bond motifs is 1. The summed E-state index contributed by atoms with van der Waals surface area (Å²) >= 11 is 2.66. The van der Waals surface area contributed by atoms with E-state index in [1.54, 1.807) is 25.2 Å². The first-order valence-electron chi connectivity index (χ1n) is 7.28. The van der Waals surface area contributed by atoms with Gasteiger partial charge in [0.1, 0.15) is 16.2 Å². The molecule has 0 saturated carbocycles. The van der Waals surface area contributed by atoms with Crippen molar-refractivity contribution in [1.29, 1.82) is 0 Å². The molecule has 0 aliphatic heterocycles. The highest BCUT2D eigenvalue weighted by molar-refractivity contribution is 8.13. The molecular formula is C15H16N6O2S3. The van der Waals surface area contributed by atoms with Crippen LogP contribution in [0.15, 0.2) is 51.0 Å². The number of hydrazine groups is 1. The molecule has 0 aliphatic rings. The molecule has 3 rings (SSSR count). The number of benzene rings is 1. The van der Waals surface area contributed by atoms with E-state index in [1.165, 1.54) is 40.7 Å². The van der Waals surface area contributed by atoms with Crippen LogP contribution in [0.5, 0.6) is 0 Å². The van der Waals surface area contributed by atoms with E-state index >= 15 is 0 Å². The van der Waals surface area contributed by atoms with Crippen molar-refractivity contribution < 1.29 is 8.42 Å². The van der Waals surface area contributed by atoms with Crippen LogP contribution in [-0.2, 0) is 9.84 Å². The van der Waals surface area contributed by atoms with Gasteiger partial charge in [-0.05, 0) is 29.5 Å². The Morgan fingerprint density at radius 2 is 2.12 bits per heavy atom. The standard InChI is InChI=1S/C15H16N6O2S3/c1-21(17)15(20-16)25-14-12-11(7-24-13(12)18-8-19-14)9-4-3-5-10(6-9)26(2,22)23/h3-8H,16-17H2,1-2H3/b20-15+. The number of nitrogens with zero attached hydrogens (tertiary/aromatic N) is 4. The van der Waals surface area contributed by atoms with Crippen LogP contribution in [0.4, 0.5) is 0 Å². The smallest absolute Gasteiger partial charge is 0.202 e. The Morgan fingerprint density at radius 1 is 1.35 bits per heavy atom. The summed E-state index contributed by atoms with van der Waals surface area (Å²) in [7, 11) is -1.68. The molecule has 4 N–H and O–H groups in total. The van der Waals surface area contributed by atoms with Crippen LogP contribution in [0.3, 0.4) is 0 Å². The summed E-state index contributed by atoms with van der Waals surface area (Å²) in [6, 6.07) is 6.78. The van der Waals surface area contributed by atoms with Crippen molar-refractivity contribution in [2.75, 3.05) is 13.3 Å². The van der Waals surface area contributed by atoms with Crippen LogP contribution in [-0.4, -0.2) is 41.9 Å². The molecular weight excluding hydrogens is 392 g/mol. The molecule has 0 unspecified atom stereocenters. The van der Waals surface area contributed by atoms with Gasteiger partial charge in [0.25, 0.3) is 0 Å². The minimum absolute atomic E-state index is 0.256. The minimum atomic E-state index is -3.31. The molecule has 1 aromatic carbocycles. The number of sulfone groups is 1. The highest BCUT2D eigenvalue weighted by atomic mass is 32.2. The zero-order valence-electron chi connectivity index (χ0n) is 13.9. The molecule has 3 aromatic rings. The van der Waals surface area contributed by atoms with Gasteiger partial charge in [0, 0.05) is 24.2 Å². The number of amidine groups is 1. The van der Waals surface area contributed by atoms with Crippen LogP contribution in [0.1, 0.15) is 0 Å². The number of hydrogen-bond acceptors (Lipinski definition) is 9. The Bertz CT molecular complexity index is 1090. The first-order chi connectivity index (χ1) is 12.3. The van der Waals surface area contributed by atoms with Gasteiger partial charge in [-0.15, -0.1) is 11.3 Å². The molecule has 11 heteroatoms. The third kappa shape index (κ3) is 3.65. The first-order valence-corrected chi connectivity index (χ1v) is 10.9. The average Bonchev–Trinajstić information content (AvgIpc) is 3.03. The van der Waals surface area contributed by atoms with Gasteiger partial charge in [0.05, 0.1) is 10.3 Å². The molecule has 0 atom stereocenters. The largest absolute Gasteiger partial charge is 0.321 e. The lowest BCUT2D eigenvalue weighted by atomic mass is 10.1. The number of rotatable bonds is 3. The quantitative estimate of drug-likeness (QED) is 0.168. The minimum Gasteiger partial charge on any atom is -0.321 e. The van der Waals surface area contributed by atoms with E-state index in [-0.39, 0.29) is 4.90 Å². The van der Waals surface area contributed by atoms with Crippen molar-refractivity contribution in [3.05, 3.63) is 36.0 Å². The van der Waals surface area contributed by atoms with Gasteiger partial charge >= 0.3 is 0 Å². The summed E-state index contributed by atoms with van der Waals surface area (Å²) in [6.07, 6.45) is 2.64. The van der Waals surface area contributed by atoms with Crippen LogP contribution >= 0.6 is 23.1 Å². The molecule has 8 nitrogen and oxygen atoms in total. The van der Waals surface area contributed by atoms with Crippen molar-refractivity contribution in [2.24, 2.45) is 16.8 Å². The van der Waals surface area contributed by atoms with E-state index in [0.717, 1.165) is 21.3 Å². The highest BCUT2D eigenvalue weighted by Crippen LogP contribution is 2.38. The van der Waals surface area contributed by atoms with Gasteiger partial charge < -0.3 is 5.84 Å². The topological polar surface area (TPSA) is 128 Å². The molecule has 136 valence electrons. The van der Waals surface area contributed by atoms with Crippen molar-refractivity contribution in [2.45, 2.75) is 9.92 Å². The number of nitrogens with two attached hydrogens (primary N) is 2. The van der Waals surface area contributed by atoms with Crippen LogP contribution in [0.2, 0.25) is 0 Å². The van der Waals surface area contributed by atoms with E-state index in [0.29, 0.717) is 10.2 Å².